The summed E-state index contributed by atoms with van der Waals surface area (Å²) in [7, 11) is 1.50. The van der Waals surface area contributed by atoms with E-state index in [9.17, 15) is 23.6 Å². The molecule has 1 aliphatic rings. The fraction of sp³-hybridized carbons (Fsp3) is 0.276. The van der Waals surface area contributed by atoms with Crippen molar-refractivity contribution in [1.29, 1.82) is 0 Å². The standard InChI is InChI=1S/C29H26FN3O7/c1-38-23-5-3-2-4-22(23)33(27(35)21-10-13-31-26-25(21)39-28(36)29(37)40-26)17-16-32-14-11-19(12-15-32)24(34)18-6-8-20(30)9-7-18/h2-10,13,19H,11-12,14-17H2,1H3. The number of anilines is 1. The van der Waals surface area contributed by atoms with E-state index in [0.29, 0.717) is 49.5 Å². The Morgan fingerprint density at radius 1 is 1.02 bits per heavy atom. The Bertz CT molecular complexity index is 1660. The second kappa shape index (κ2) is 11.6. The molecule has 4 aromatic rings. The number of benzene rings is 2. The molecule has 1 aliphatic heterocycles. The summed E-state index contributed by atoms with van der Waals surface area (Å²) in [5.74, 6) is -0.578. The second-order valence-electron chi connectivity index (χ2n) is 9.39. The summed E-state index contributed by atoms with van der Waals surface area (Å²) in [6.45, 7) is 2.03. The zero-order valence-electron chi connectivity index (χ0n) is 21.7. The lowest BCUT2D eigenvalue weighted by Gasteiger charge is -2.33. The molecule has 0 unspecified atom stereocenters. The van der Waals surface area contributed by atoms with E-state index in [0.717, 1.165) is 0 Å². The molecule has 1 fully saturated rings. The molecule has 0 saturated carbocycles. The number of fused-ring (bicyclic) bond motifs is 1. The number of hydrogen-bond donors (Lipinski definition) is 0. The van der Waals surface area contributed by atoms with Gasteiger partial charge in [0, 0.05) is 30.8 Å². The number of ketones is 1. The molecule has 3 heterocycles. The Balaban J connectivity index is 1.35. The van der Waals surface area contributed by atoms with Crippen LogP contribution in [0.5, 0.6) is 5.75 Å². The first kappa shape index (κ1) is 26.9. The van der Waals surface area contributed by atoms with Crippen molar-refractivity contribution >= 4 is 28.7 Å². The van der Waals surface area contributed by atoms with Crippen molar-refractivity contribution < 1.29 is 27.6 Å². The number of likely N-dealkylation sites (tertiary alicyclic amines) is 1. The van der Waals surface area contributed by atoms with Crippen LogP contribution in [0.4, 0.5) is 10.1 Å². The second-order valence-corrected chi connectivity index (χ2v) is 9.39. The van der Waals surface area contributed by atoms with Gasteiger partial charge in [-0.3, -0.25) is 9.59 Å². The molecule has 0 N–H and O–H groups in total. The Hall–Kier alpha value is -4.64. The van der Waals surface area contributed by atoms with Gasteiger partial charge in [-0.25, -0.2) is 19.0 Å². The molecule has 206 valence electrons. The van der Waals surface area contributed by atoms with E-state index in [1.165, 1.54) is 48.5 Å². The SMILES string of the molecule is COc1ccccc1N(CCN1CCC(C(=O)c2ccc(F)cc2)CC1)C(=O)c1ccnc2oc(=O)c(=O)oc12. The summed E-state index contributed by atoms with van der Waals surface area (Å²) < 4.78 is 28.8. The molecule has 2 aromatic heterocycles. The number of carbonyl (C=O) groups excluding carboxylic acids is 2. The van der Waals surface area contributed by atoms with Crippen molar-refractivity contribution in [2.24, 2.45) is 5.92 Å². The third-order valence-electron chi connectivity index (χ3n) is 7.00. The van der Waals surface area contributed by atoms with Crippen molar-refractivity contribution in [2.75, 3.05) is 38.2 Å². The molecule has 1 saturated heterocycles. The molecule has 2 aromatic carbocycles. The van der Waals surface area contributed by atoms with Crippen molar-refractivity contribution in [3.8, 4) is 5.75 Å². The van der Waals surface area contributed by atoms with Gasteiger partial charge in [-0.1, -0.05) is 12.1 Å². The number of carbonyl (C=O) groups is 2. The molecule has 0 bridgehead atoms. The molecular formula is C29H26FN3O7. The third kappa shape index (κ3) is 5.55. The average molecular weight is 548 g/mol. The van der Waals surface area contributed by atoms with Crippen LogP contribution < -0.4 is 20.9 Å². The van der Waals surface area contributed by atoms with E-state index in [4.69, 9.17) is 13.6 Å². The predicted molar refractivity (Wildman–Crippen MR) is 143 cm³/mol. The van der Waals surface area contributed by atoms with Gasteiger partial charge in [0.25, 0.3) is 11.6 Å². The Morgan fingerprint density at radius 2 is 1.73 bits per heavy atom. The maximum Gasteiger partial charge on any atom is 0.424 e. The van der Waals surface area contributed by atoms with Crippen molar-refractivity contribution in [3.63, 3.8) is 0 Å². The number of hydrogen-bond acceptors (Lipinski definition) is 9. The highest BCUT2D eigenvalue weighted by Crippen LogP contribution is 2.30. The smallest absolute Gasteiger partial charge is 0.424 e. The third-order valence-corrected chi connectivity index (χ3v) is 7.00. The van der Waals surface area contributed by atoms with Crippen molar-refractivity contribution in [3.05, 3.63) is 98.6 Å². The summed E-state index contributed by atoms with van der Waals surface area (Å²) in [6, 6.07) is 14.0. The lowest BCUT2D eigenvalue weighted by molar-refractivity contribution is 0.0841. The maximum atomic E-state index is 13.9. The molecule has 0 radical (unpaired) electrons. The Morgan fingerprint density at radius 3 is 2.45 bits per heavy atom. The van der Waals surface area contributed by atoms with Crippen LogP contribution in [0.25, 0.3) is 11.3 Å². The number of rotatable bonds is 8. The molecule has 0 atom stereocenters. The van der Waals surface area contributed by atoms with Gasteiger partial charge in [-0.2, -0.15) is 0 Å². The van der Waals surface area contributed by atoms with E-state index < -0.39 is 17.2 Å². The van der Waals surface area contributed by atoms with E-state index in [1.54, 1.807) is 24.3 Å². The van der Waals surface area contributed by atoms with Crippen LogP contribution in [0.1, 0.15) is 33.6 Å². The van der Waals surface area contributed by atoms with Crippen molar-refractivity contribution in [2.45, 2.75) is 12.8 Å². The first-order valence-electron chi connectivity index (χ1n) is 12.8. The van der Waals surface area contributed by atoms with E-state index in [2.05, 4.69) is 9.88 Å². The van der Waals surface area contributed by atoms with E-state index in [1.807, 2.05) is 0 Å². The topological polar surface area (TPSA) is 123 Å². The fourth-order valence-electron chi connectivity index (χ4n) is 4.87. The van der Waals surface area contributed by atoms with Gasteiger partial charge in [0.05, 0.1) is 18.4 Å². The van der Waals surface area contributed by atoms with Gasteiger partial charge in [0.1, 0.15) is 11.6 Å². The van der Waals surface area contributed by atoms with Gasteiger partial charge in [-0.05, 0) is 68.4 Å². The van der Waals surface area contributed by atoms with Crippen LogP contribution in [0.2, 0.25) is 0 Å². The van der Waals surface area contributed by atoms with Gasteiger partial charge in [-0.15, -0.1) is 0 Å². The average Bonchev–Trinajstić information content (AvgIpc) is 2.98. The molecule has 1 amide bonds. The highest BCUT2D eigenvalue weighted by molar-refractivity contribution is 6.12. The van der Waals surface area contributed by atoms with Crippen molar-refractivity contribution in [1.82, 2.24) is 9.88 Å². The summed E-state index contributed by atoms with van der Waals surface area (Å²) in [4.78, 5) is 57.8. The number of Topliss-reactive ketones (excluding diaryl/α,β-unsaturated/α-hetero) is 1. The monoisotopic (exact) mass is 547 g/mol. The zero-order chi connectivity index (χ0) is 28.2. The zero-order valence-corrected chi connectivity index (χ0v) is 21.7. The number of pyridine rings is 1. The van der Waals surface area contributed by atoms with Crippen LogP contribution >= 0.6 is 0 Å². The maximum absolute atomic E-state index is 13.9. The van der Waals surface area contributed by atoms with Gasteiger partial charge < -0.3 is 23.4 Å². The number of nitrogens with zero attached hydrogens (tertiary/aromatic N) is 3. The molecule has 5 rings (SSSR count). The summed E-state index contributed by atoms with van der Waals surface area (Å²) in [6.07, 6.45) is 2.57. The van der Waals surface area contributed by atoms with Gasteiger partial charge >= 0.3 is 11.3 Å². The normalized spacial score (nSPS) is 14.2. The number of amides is 1. The Kier molecular flexibility index (Phi) is 7.83. The van der Waals surface area contributed by atoms with Crippen LogP contribution in [0.15, 0.2) is 79.2 Å². The van der Waals surface area contributed by atoms with Crippen LogP contribution in [-0.2, 0) is 0 Å². The highest BCUT2D eigenvalue weighted by Gasteiger charge is 2.29. The quantitative estimate of drug-likeness (QED) is 0.241. The molecule has 11 heteroatoms. The fourth-order valence-corrected chi connectivity index (χ4v) is 4.87. The van der Waals surface area contributed by atoms with Gasteiger partial charge in [0.2, 0.25) is 5.58 Å². The first-order chi connectivity index (χ1) is 19.4. The first-order valence-corrected chi connectivity index (χ1v) is 12.8. The summed E-state index contributed by atoms with van der Waals surface area (Å²) in [5, 5.41) is 0. The molecule has 0 aliphatic carbocycles. The predicted octanol–water partition coefficient (Wildman–Crippen LogP) is 3.53. The van der Waals surface area contributed by atoms with Crippen LogP contribution in [0.3, 0.4) is 0 Å². The lowest BCUT2D eigenvalue weighted by atomic mass is 9.89. The van der Waals surface area contributed by atoms with E-state index >= 15 is 0 Å². The minimum atomic E-state index is -1.24. The number of aromatic nitrogens is 1. The summed E-state index contributed by atoms with van der Waals surface area (Å²) >= 11 is 0. The van der Waals surface area contributed by atoms with E-state index in [-0.39, 0.29) is 40.9 Å². The number of halogens is 1. The van der Waals surface area contributed by atoms with Gasteiger partial charge in [0.15, 0.2) is 5.78 Å². The Labute approximate surface area is 227 Å². The number of piperidine rings is 1. The van der Waals surface area contributed by atoms with Crippen LogP contribution in [-0.4, -0.2) is 54.9 Å². The number of para-hydroxylation sites is 2. The molecule has 40 heavy (non-hydrogen) atoms. The molecular weight excluding hydrogens is 521 g/mol. The highest BCUT2D eigenvalue weighted by atomic mass is 19.1. The molecule has 10 nitrogen and oxygen atoms in total. The number of ether oxygens (including phenoxy) is 1. The largest absolute Gasteiger partial charge is 0.495 e. The van der Waals surface area contributed by atoms with Crippen LogP contribution in [0, 0.1) is 11.7 Å². The minimum Gasteiger partial charge on any atom is -0.495 e. The summed E-state index contributed by atoms with van der Waals surface area (Å²) in [5.41, 5.74) is -1.94. The number of methoxy groups -OCH3 is 1. The minimum absolute atomic E-state index is 0.000332. The molecule has 0 spiro atoms. The lowest BCUT2D eigenvalue weighted by Crippen LogP contribution is -2.43.